The SMILES string of the molecule is CCn1cncc1Cn1c(CN2CCC(CN=CC=C(N)COc3ccc(Cl)cc3C#N)CC2)nc2ccc(C(=O)O)cc21. The average Bonchev–Trinajstić information content (AvgIpc) is 3.62. The lowest BCUT2D eigenvalue weighted by atomic mass is 9.97. The third kappa shape index (κ3) is 7.45. The summed E-state index contributed by atoms with van der Waals surface area (Å²) in [4.78, 5) is 27.9. The van der Waals surface area contributed by atoms with Crippen LogP contribution in [0.2, 0.25) is 5.02 Å². The van der Waals surface area contributed by atoms with E-state index in [4.69, 9.17) is 27.1 Å². The summed E-state index contributed by atoms with van der Waals surface area (Å²) in [5.41, 5.74) is 9.81. The number of carboxylic acids is 1. The number of nitrogens with two attached hydrogens (primary N) is 1. The molecule has 12 heteroatoms. The van der Waals surface area contributed by atoms with Gasteiger partial charge in [0.15, 0.2) is 0 Å². The minimum atomic E-state index is -0.955. The van der Waals surface area contributed by atoms with Crippen LogP contribution in [0.15, 0.2) is 65.7 Å². The highest BCUT2D eigenvalue weighted by Crippen LogP contribution is 2.25. The fourth-order valence-corrected chi connectivity index (χ4v) is 5.51. The molecule has 0 bridgehead atoms. The molecule has 3 N–H and O–H groups in total. The van der Waals surface area contributed by atoms with Gasteiger partial charge in [0.1, 0.15) is 24.3 Å². The Labute approximate surface area is 260 Å². The molecule has 0 aliphatic carbocycles. The van der Waals surface area contributed by atoms with Crippen molar-refractivity contribution in [2.75, 3.05) is 26.2 Å². The first-order valence-electron chi connectivity index (χ1n) is 14.5. The van der Waals surface area contributed by atoms with E-state index in [9.17, 15) is 15.2 Å². The summed E-state index contributed by atoms with van der Waals surface area (Å²) in [6, 6.07) is 12.0. The van der Waals surface area contributed by atoms with E-state index in [2.05, 4.69) is 37.0 Å². The summed E-state index contributed by atoms with van der Waals surface area (Å²) in [6.07, 6.45) is 9.13. The number of aromatic carboxylic acids is 1. The smallest absolute Gasteiger partial charge is 0.335 e. The number of carbonyl (C=O) groups is 1. The van der Waals surface area contributed by atoms with Crippen molar-refractivity contribution in [2.45, 2.75) is 39.4 Å². The van der Waals surface area contributed by atoms with Crippen LogP contribution in [0.5, 0.6) is 5.75 Å². The van der Waals surface area contributed by atoms with E-state index in [1.165, 1.54) is 0 Å². The molecule has 0 radical (unpaired) electrons. The average molecular weight is 615 g/mol. The number of piperidine rings is 1. The van der Waals surface area contributed by atoms with Crippen LogP contribution in [0.25, 0.3) is 11.0 Å². The third-order valence-electron chi connectivity index (χ3n) is 7.82. The van der Waals surface area contributed by atoms with Crippen LogP contribution in [0.3, 0.4) is 0 Å². The fourth-order valence-electron chi connectivity index (χ4n) is 5.34. The monoisotopic (exact) mass is 614 g/mol. The first kappa shape index (κ1) is 30.8. The first-order valence-corrected chi connectivity index (χ1v) is 14.9. The maximum atomic E-state index is 11.7. The summed E-state index contributed by atoms with van der Waals surface area (Å²) in [5.74, 6) is 0.857. The molecule has 1 saturated heterocycles. The van der Waals surface area contributed by atoms with Gasteiger partial charge in [0, 0.05) is 36.2 Å². The number of imidazole rings is 2. The molecule has 1 fully saturated rings. The van der Waals surface area contributed by atoms with E-state index < -0.39 is 5.97 Å². The van der Waals surface area contributed by atoms with Gasteiger partial charge in [-0.15, -0.1) is 0 Å². The van der Waals surface area contributed by atoms with E-state index in [0.717, 1.165) is 55.0 Å². The fraction of sp³-hybridized carbons (Fsp3) is 0.344. The van der Waals surface area contributed by atoms with Crippen LogP contribution in [0.4, 0.5) is 0 Å². The van der Waals surface area contributed by atoms with Crippen molar-refractivity contribution < 1.29 is 14.6 Å². The van der Waals surface area contributed by atoms with Crippen molar-refractivity contribution in [3.8, 4) is 11.8 Å². The minimum absolute atomic E-state index is 0.143. The number of ether oxygens (including phenoxy) is 1. The largest absolute Gasteiger partial charge is 0.486 e. The van der Waals surface area contributed by atoms with Gasteiger partial charge in [0.2, 0.25) is 0 Å². The van der Waals surface area contributed by atoms with E-state index in [0.29, 0.717) is 47.6 Å². The highest BCUT2D eigenvalue weighted by molar-refractivity contribution is 6.30. The molecule has 0 amide bonds. The number of aryl methyl sites for hydroxylation is 1. The number of aliphatic imine (C=N–C) groups is 1. The number of nitrogens with zero attached hydrogens (tertiary/aromatic N) is 7. The van der Waals surface area contributed by atoms with E-state index in [1.54, 1.807) is 48.7 Å². The zero-order valence-corrected chi connectivity index (χ0v) is 25.3. The highest BCUT2D eigenvalue weighted by Gasteiger charge is 2.22. The second-order valence-corrected chi connectivity index (χ2v) is 11.2. The molecule has 3 heterocycles. The van der Waals surface area contributed by atoms with Gasteiger partial charge in [0.05, 0.1) is 47.3 Å². The van der Waals surface area contributed by atoms with Crippen LogP contribution in [0.1, 0.15) is 47.2 Å². The second-order valence-electron chi connectivity index (χ2n) is 10.8. The standard InChI is InChI=1S/C32H35ClN8O3/c1-2-40-21-37-17-27(40)18-41-29-14-23(32(42)43)3-5-28(29)38-31(41)19-39-11-8-22(9-12-39)16-36-10-7-26(35)20-44-30-6-4-25(33)13-24(30)15-34/h3-7,10,13-14,17,21-22H,2,8-9,11-12,16,18-20,35H2,1H3,(H,42,43). The Morgan fingerprint density at radius 1 is 1.25 bits per heavy atom. The van der Waals surface area contributed by atoms with Gasteiger partial charge in [-0.3, -0.25) is 9.89 Å². The zero-order valence-electron chi connectivity index (χ0n) is 24.6. The first-order chi connectivity index (χ1) is 21.3. The van der Waals surface area contributed by atoms with Crippen molar-refractivity contribution in [2.24, 2.45) is 16.6 Å². The van der Waals surface area contributed by atoms with Gasteiger partial charge in [-0.2, -0.15) is 5.26 Å². The Morgan fingerprint density at radius 2 is 2.07 bits per heavy atom. The molecule has 0 spiro atoms. The molecule has 2 aromatic carbocycles. The molecule has 1 aliphatic rings. The number of carboxylic acid groups (broad SMARTS) is 1. The molecule has 0 saturated carbocycles. The summed E-state index contributed by atoms with van der Waals surface area (Å²) in [5, 5.41) is 19.3. The van der Waals surface area contributed by atoms with Crippen LogP contribution >= 0.6 is 11.6 Å². The Morgan fingerprint density at radius 3 is 2.82 bits per heavy atom. The summed E-state index contributed by atoms with van der Waals surface area (Å²) in [7, 11) is 0. The predicted octanol–water partition coefficient (Wildman–Crippen LogP) is 4.73. The Kier molecular flexibility index (Phi) is 9.94. The van der Waals surface area contributed by atoms with Gasteiger partial charge < -0.3 is 24.7 Å². The molecular formula is C32H35ClN8O3. The van der Waals surface area contributed by atoms with Crippen LogP contribution < -0.4 is 10.5 Å². The Bertz CT molecular complexity index is 1730. The minimum Gasteiger partial charge on any atom is -0.486 e. The number of hydrogen-bond acceptors (Lipinski definition) is 8. The highest BCUT2D eigenvalue weighted by atomic mass is 35.5. The lowest BCUT2D eigenvalue weighted by molar-refractivity contribution is 0.0697. The summed E-state index contributed by atoms with van der Waals surface area (Å²) < 4.78 is 9.86. The lowest BCUT2D eigenvalue weighted by Crippen LogP contribution is -2.35. The number of hydrogen-bond donors (Lipinski definition) is 2. The number of halogens is 1. The maximum absolute atomic E-state index is 11.7. The van der Waals surface area contributed by atoms with Crippen molar-refractivity contribution in [3.63, 3.8) is 0 Å². The van der Waals surface area contributed by atoms with Gasteiger partial charge in [-0.05, 0) is 81.2 Å². The maximum Gasteiger partial charge on any atom is 0.335 e. The third-order valence-corrected chi connectivity index (χ3v) is 8.05. The van der Waals surface area contributed by atoms with Crippen molar-refractivity contribution >= 4 is 34.8 Å². The number of allylic oxidation sites excluding steroid dienone is 1. The van der Waals surface area contributed by atoms with Gasteiger partial charge in [-0.25, -0.2) is 14.8 Å². The topological polar surface area (TPSA) is 148 Å². The van der Waals surface area contributed by atoms with Crippen LogP contribution in [-0.4, -0.2) is 67.5 Å². The number of aromatic nitrogens is 4. The molecule has 0 atom stereocenters. The number of benzene rings is 2. The van der Waals surface area contributed by atoms with Gasteiger partial charge in [-0.1, -0.05) is 11.6 Å². The van der Waals surface area contributed by atoms with Gasteiger partial charge in [0.25, 0.3) is 0 Å². The van der Waals surface area contributed by atoms with Gasteiger partial charge >= 0.3 is 5.97 Å². The molecule has 1 aliphatic heterocycles. The number of fused-ring (bicyclic) bond motifs is 1. The number of likely N-dealkylation sites (tertiary alicyclic amines) is 1. The lowest BCUT2D eigenvalue weighted by Gasteiger charge is -2.31. The van der Waals surface area contributed by atoms with Crippen molar-refractivity contribution in [1.29, 1.82) is 5.26 Å². The number of nitriles is 1. The zero-order chi connectivity index (χ0) is 31.1. The number of rotatable bonds is 12. The predicted molar refractivity (Wildman–Crippen MR) is 169 cm³/mol. The van der Waals surface area contributed by atoms with Crippen molar-refractivity contribution in [1.82, 2.24) is 24.0 Å². The van der Waals surface area contributed by atoms with Crippen LogP contribution in [0, 0.1) is 17.2 Å². The Hall–Kier alpha value is -4.66. The van der Waals surface area contributed by atoms with Crippen LogP contribution in [-0.2, 0) is 19.6 Å². The molecule has 0 unspecified atom stereocenters. The van der Waals surface area contributed by atoms with Crippen molar-refractivity contribution in [3.05, 3.63) is 88.4 Å². The molecule has 44 heavy (non-hydrogen) atoms. The molecule has 2 aromatic heterocycles. The van der Waals surface area contributed by atoms with E-state index >= 15 is 0 Å². The van der Waals surface area contributed by atoms with E-state index in [-0.39, 0.29) is 12.2 Å². The normalized spacial score (nSPS) is 14.8. The quantitative estimate of drug-likeness (QED) is 0.218. The molecule has 4 aromatic rings. The molecule has 5 rings (SSSR count). The summed E-state index contributed by atoms with van der Waals surface area (Å²) in [6.45, 7) is 6.81. The molecule has 11 nitrogen and oxygen atoms in total. The van der Waals surface area contributed by atoms with E-state index in [1.807, 2.05) is 12.5 Å². The Balaban J connectivity index is 1.16. The second kappa shape index (κ2) is 14.2. The molecule has 228 valence electrons. The molecular weight excluding hydrogens is 580 g/mol. The summed E-state index contributed by atoms with van der Waals surface area (Å²) >= 11 is 5.93.